The van der Waals surface area contributed by atoms with Crippen molar-refractivity contribution in [3.05, 3.63) is 48.3 Å². The summed E-state index contributed by atoms with van der Waals surface area (Å²) in [4.78, 5) is 22.1. The molecule has 1 saturated heterocycles. The highest BCUT2D eigenvalue weighted by molar-refractivity contribution is 7.90. The van der Waals surface area contributed by atoms with Crippen LogP contribution in [0.4, 0.5) is 14.9 Å². The number of hydrogen-bond donors (Lipinski definition) is 1. The standard InChI is InChI=1S/C17H19FN4O3S/c1-26(24,25)15-9-19-11-20-16(15)12-5-4-8-22(10-12)17(23)21-14-7-3-2-6-13(14)18/h2-3,6-7,9,11-12H,4-5,8,10H2,1H3,(H,21,23). The first-order valence-electron chi connectivity index (χ1n) is 8.16. The molecular weight excluding hydrogens is 359 g/mol. The largest absolute Gasteiger partial charge is 0.324 e. The Hall–Kier alpha value is -2.55. The first kappa shape index (κ1) is 18.2. The van der Waals surface area contributed by atoms with Crippen molar-refractivity contribution >= 4 is 21.6 Å². The molecule has 3 rings (SSSR count). The molecule has 1 aliphatic rings. The fraction of sp³-hybridized carbons (Fsp3) is 0.353. The molecular formula is C17H19FN4O3S. The quantitative estimate of drug-likeness (QED) is 0.886. The maximum absolute atomic E-state index is 13.7. The van der Waals surface area contributed by atoms with Crippen LogP contribution >= 0.6 is 0 Å². The number of rotatable bonds is 3. The first-order chi connectivity index (χ1) is 12.4. The Morgan fingerprint density at radius 3 is 2.85 bits per heavy atom. The lowest BCUT2D eigenvalue weighted by Gasteiger charge is -2.33. The molecule has 0 radical (unpaired) electrons. The van der Waals surface area contributed by atoms with Gasteiger partial charge in [0.2, 0.25) is 0 Å². The molecule has 1 N–H and O–H groups in total. The number of carbonyl (C=O) groups is 1. The number of likely N-dealkylation sites (tertiary alicyclic amines) is 1. The van der Waals surface area contributed by atoms with Crippen molar-refractivity contribution < 1.29 is 17.6 Å². The summed E-state index contributed by atoms with van der Waals surface area (Å²) in [7, 11) is -3.47. The van der Waals surface area contributed by atoms with E-state index in [4.69, 9.17) is 0 Å². The monoisotopic (exact) mass is 378 g/mol. The van der Waals surface area contributed by atoms with Gasteiger partial charge in [0, 0.05) is 31.5 Å². The number of carbonyl (C=O) groups excluding carboxylic acids is 1. The summed E-state index contributed by atoms with van der Waals surface area (Å²) in [6.45, 7) is 0.815. The smallest absolute Gasteiger partial charge is 0.321 e. The highest BCUT2D eigenvalue weighted by Gasteiger charge is 2.29. The Morgan fingerprint density at radius 1 is 1.35 bits per heavy atom. The minimum absolute atomic E-state index is 0.0846. The van der Waals surface area contributed by atoms with Crippen molar-refractivity contribution in [3.63, 3.8) is 0 Å². The second-order valence-electron chi connectivity index (χ2n) is 6.24. The van der Waals surface area contributed by atoms with Crippen LogP contribution in [0.5, 0.6) is 0 Å². The predicted octanol–water partition coefficient (Wildman–Crippen LogP) is 2.43. The number of piperidine rings is 1. The molecule has 0 aliphatic carbocycles. The van der Waals surface area contributed by atoms with Gasteiger partial charge in [-0.15, -0.1) is 0 Å². The topological polar surface area (TPSA) is 92.3 Å². The van der Waals surface area contributed by atoms with E-state index >= 15 is 0 Å². The van der Waals surface area contributed by atoms with E-state index in [1.54, 1.807) is 17.0 Å². The Bertz CT molecular complexity index is 920. The molecule has 0 spiro atoms. The molecule has 1 aromatic heterocycles. The van der Waals surface area contributed by atoms with Crippen LogP contribution in [0.25, 0.3) is 0 Å². The molecule has 0 bridgehead atoms. The van der Waals surface area contributed by atoms with E-state index in [9.17, 15) is 17.6 Å². The van der Waals surface area contributed by atoms with Gasteiger partial charge in [-0.3, -0.25) is 0 Å². The molecule has 138 valence electrons. The lowest BCUT2D eigenvalue weighted by atomic mass is 9.94. The van der Waals surface area contributed by atoms with E-state index in [0.717, 1.165) is 6.26 Å². The van der Waals surface area contributed by atoms with E-state index in [0.29, 0.717) is 31.6 Å². The van der Waals surface area contributed by atoms with E-state index in [2.05, 4.69) is 15.3 Å². The van der Waals surface area contributed by atoms with E-state index < -0.39 is 21.7 Å². The van der Waals surface area contributed by atoms with Crippen LogP contribution in [0.3, 0.4) is 0 Å². The summed E-state index contributed by atoms with van der Waals surface area (Å²) in [6.07, 6.45) is 5.12. The highest BCUT2D eigenvalue weighted by Crippen LogP contribution is 2.29. The average molecular weight is 378 g/mol. The van der Waals surface area contributed by atoms with Crippen molar-refractivity contribution in [2.24, 2.45) is 0 Å². The molecule has 1 aromatic carbocycles. The number of amides is 2. The summed E-state index contributed by atoms with van der Waals surface area (Å²) in [5.41, 5.74) is 0.532. The van der Waals surface area contributed by atoms with Crippen LogP contribution in [-0.2, 0) is 9.84 Å². The van der Waals surface area contributed by atoms with Gasteiger partial charge in [0.25, 0.3) is 0 Å². The van der Waals surface area contributed by atoms with E-state index in [1.165, 1.54) is 24.7 Å². The third-order valence-electron chi connectivity index (χ3n) is 4.32. The van der Waals surface area contributed by atoms with Crippen molar-refractivity contribution in [2.45, 2.75) is 23.7 Å². The van der Waals surface area contributed by atoms with Crippen LogP contribution in [0.1, 0.15) is 24.5 Å². The van der Waals surface area contributed by atoms with Crippen molar-refractivity contribution in [2.75, 3.05) is 24.7 Å². The minimum Gasteiger partial charge on any atom is -0.324 e. The highest BCUT2D eigenvalue weighted by atomic mass is 32.2. The zero-order valence-electron chi connectivity index (χ0n) is 14.2. The summed E-state index contributed by atoms with van der Waals surface area (Å²) < 4.78 is 37.7. The zero-order valence-corrected chi connectivity index (χ0v) is 15.0. The van der Waals surface area contributed by atoms with Crippen LogP contribution in [-0.4, -0.2) is 48.7 Å². The molecule has 2 aromatic rings. The summed E-state index contributed by atoms with van der Waals surface area (Å²) in [5, 5.41) is 2.56. The number of aromatic nitrogens is 2. The predicted molar refractivity (Wildman–Crippen MR) is 94.1 cm³/mol. The van der Waals surface area contributed by atoms with Crippen LogP contribution < -0.4 is 5.32 Å². The summed E-state index contributed by atoms with van der Waals surface area (Å²) in [5.74, 6) is -0.729. The summed E-state index contributed by atoms with van der Waals surface area (Å²) >= 11 is 0. The zero-order chi connectivity index (χ0) is 18.7. The van der Waals surface area contributed by atoms with Crippen LogP contribution in [0.2, 0.25) is 0 Å². The molecule has 7 nitrogen and oxygen atoms in total. The Balaban J connectivity index is 1.78. The molecule has 2 heterocycles. The maximum Gasteiger partial charge on any atom is 0.321 e. The van der Waals surface area contributed by atoms with Crippen molar-refractivity contribution in [1.82, 2.24) is 14.9 Å². The fourth-order valence-electron chi connectivity index (χ4n) is 3.06. The van der Waals surface area contributed by atoms with Gasteiger partial charge >= 0.3 is 6.03 Å². The first-order valence-corrected chi connectivity index (χ1v) is 10.1. The molecule has 1 aliphatic heterocycles. The number of sulfone groups is 1. The van der Waals surface area contributed by atoms with Gasteiger partial charge in [-0.2, -0.15) is 0 Å². The SMILES string of the molecule is CS(=O)(=O)c1cncnc1C1CCCN(C(=O)Nc2ccccc2F)C1. The maximum atomic E-state index is 13.7. The molecule has 1 unspecified atom stereocenters. The van der Waals surface area contributed by atoms with E-state index in [1.807, 2.05) is 0 Å². The Kier molecular flexibility index (Phi) is 5.17. The van der Waals surface area contributed by atoms with Crippen LogP contribution in [0, 0.1) is 5.82 Å². The third kappa shape index (κ3) is 3.98. The molecule has 26 heavy (non-hydrogen) atoms. The van der Waals surface area contributed by atoms with Crippen molar-refractivity contribution in [1.29, 1.82) is 0 Å². The molecule has 1 atom stereocenters. The van der Waals surface area contributed by atoms with Gasteiger partial charge < -0.3 is 10.2 Å². The minimum atomic E-state index is -3.47. The molecule has 0 saturated carbocycles. The van der Waals surface area contributed by atoms with Gasteiger partial charge in [0.05, 0.1) is 11.4 Å². The van der Waals surface area contributed by atoms with E-state index in [-0.39, 0.29) is 16.5 Å². The second-order valence-corrected chi connectivity index (χ2v) is 8.22. The van der Waals surface area contributed by atoms with Gasteiger partial charge in [-0.1, -0.05) is 12.1 Å². The number of para-hydroxylation sites is 1. The number of nitrogens with one attached hydrogen (secondary N) is 1. The van der Waals surface area contributed by atoms with Gasteiger partial charge in [0.1, 0.15) is 17.0 Å². The normalized spacial score (nSPS) is 17.8. The van der Waals surface area contributed by atoms with Gasteiger partial charge in [-0.05, 0) is 25.0 Å². The van der Waals surface area contributed by atoms with Crippen LogP contribution in [0.15, 0.2) is 41.7 Å². The van der Waals surface area contributed by atoms with Crippen molar-refractivity contribution in [3.8, 4) is 0 Å². The number of hydrogen-bond acceptors (Lipinski definition) is 5. The third-order valence-corrected chi connectivity index (χ3v) is 5.43. The van der Waals surface area contributed by atoms with Gasteiger partial charge in [-0.25, -0.2) is 27.6 Å². The number of benzene rings is 1. The number of nitrogens with zero attached hydrogens (tertiary/aromatic N) is 3. The lowest BCUT2D eigenvalue weighted by molar-refractivity contribution is 0.191. The molecule has 2 amide bonds. The van der Waals surface area contributed by atoms with Gasteiger partial charge in [0.15, 0.2) is 9.84 Å². The lowest BCUT2D eigenvalue weighted by Crippen LogP contribution is -2.42. The Labute approximate surface area is 151 Å². The molecule has 9 heteroatoms. The fourth-order valence-corrected chi connectivity index (χ4v) is 3.91. The number of anilines is 1. The number of halogens is 1. The molecule has 1 fully saturated rings. The number of urea groups is 1. The Morgan fingerprint density at radius 2 is 2.12 bits per heavy atom. The average Bonchev–Trinajstić information content (AvgIpc) is 2.63. The summed E-state index contributed by atoms with van der Waals surface area (Å²) in [6, 6.07) is 5.52. The second kappa shape index (κ2) is 7.36.